The molecule has 2 aliphatic rings. The lowest BCUT2D eigenvalue weighted by atomic mass is 9.75. The quantitative estimate of drug-likeness (QED) is 0.620. The van der Waals surface area contributed by atoms with E-state index in [2.05, 4.69) is 19.2 Å². The van der Waals surface area contributed by atoms with Crippen LogP contribution in [0.2, 0.25) is 0 Å². The second kappa shape index (κ2) is 4.93. The number of ether oxygens (including phenoxy) is 1. The van der Waals surface area contributed by atoms with Crippen molar-refractivity contribution < 1.29 is 14.3 Å². The fraction of sp³-hybridized carbons (Fsp3) is 0.500. The van der Waals surface area contributed by atoms with Gasteiger partial charge in [-0.3, -0.25) is 4.79 Å². The molecule has 2 rings (SSSR count). The number of allylic oxidation sites excluding steroid dienone is 3. The Morgan fingerprint density at radius 2 is 2.20 bits per heavy atom. The molecule has 0 aromatic rings. The number of nitrogens with one attached hydrogen (secondary N) is 1. The van der Waals surface area contributed by atoms with Crippen LogP contribution < -0.4 is 5.32 Å². The van der Waals surface area contributed by atoms with Gasteiger partial charge in [-0.15, -0.1) is 0 Å². The van der Waals surface area contributed by atoms with Gasteiger partial charge in [0.15, 0.2) is 5.78 Å². The Bertz CT molecular complexity index is 540. The van der Waals surface area contributed by atoms with E-state index in [0.717, 1.165) is 12.1 Å². The first-order valence-electron chi connectivity index (χ1n) is 6.88. The van der Waals surface area contributed by atoms with E-state index in [4.69, 9.17) is 4.74 Å². The highest BCUT2D eigenvalue weighted by Crippen LogP contribution is 2.46. The van der Waals surface area contributed by atoms with Crippen molar-refractivity contribution in [3.63, 3.8) is 0 Å². The van der Waals surface area contributed by atoms with Gasteiger partial charge in [0.1, 0.15) is 0 Å². The first-order chi connectivity index (χ1) is 9.28. The van der Waals surface area contributed by atoms with Crippen LogP contribution in [-0.4, -0.2) is 23.9 Å². The minimum Gasteiger partial charge on any atom is -0.463 e. The predicted octanol–water partition coefficient (Wildman–Crippen LogP) is 2.28. The molecule has 20 heavy (non-hydrogen) atoms. The predicted molar refractivity (Wildman–Crippen MR) is 76.9 cm³/mol. The third-order valence-electron chi connectivity index (χ3n) is 3.65. The van der Waals surface area contributed by atoms with Gasteiger partial charge < -0.3 is 10.1 Å². The van der Waals surface area contributed by atoms with Crippen molar-refractivity contribution in [2.45, 2.75) is 39.7 Å². The smallest absolute Gasteiger partial charge is 0.332 e. The summed E-state index contributed by atoms with van der Waals surface area (Å²) in [5, 5.41) is 3.37. The highest BCUT2D eigenvalue weighted by atomic mass is 16.5. The van der Waals surface area contributed by atoms with Gasteiger partial charge in [-0.2, -0.15) is 0 Å². The fourth-order valence-electron chi connectivity index (χ4n) is 2.96. The summed E-state index contributed by atoms with van der Waals surface area (Å²) in [6.07, 6.45) is 7.73. The molecule has 0 radical (unpaired) electrons. The maximum atomic E-state index is 11.7. The molecule has 1 atom stereocenters. The number of ketones is 1. The normalized spacial score (nSPS) is 29.5. The van der Waals surface area contributed by atoms with Gasteiger partial charge in [0, 0.05) is 22.7 Å². The largest absolute Gasteiger partial charge is 0.463 e. The molecule has 0 aromatic carbocycles. The second-order valence-corrected chi connectivity index (χ2v) is 6.06. The molecule has 1 fully saturated rings. The molecule has 0 bridgehead atoms. The number of hydrogen-bond donors (Lipinski definition) is 1. The standard InChI is InChI=1S/C16H21NO3/c1-5-20-14(19)8-13-16(10-15(3,4)17-13)7-6-12(18)11(2)9-16/h6-9,17H,5,10H2,1-4H3/b13-8-. The van der Waals surface area contributed by atoms with Crippen LogP contribution in [0.4, 0.5) is 0 Å². The summed E-state index contributed by atoms with van der Waals surface area (Å²) in [4.78, 5) is 23.4. The SMILES string of the molecule is CCOC(=O)/C=C1\NC(C)(C)CC12C=CC(=O)C(C)=C2. The Morgan fingerprint density at radius 3 is 2.80 bits per heavy atom. The van der Waals surface area contributed by atoms with Gasteiger partial charge in [-0.1, -0.05) is 12.2 Å². The van der Waals surface area contributed by atoms with Crippen LogP contribution in [-0.2, 0) is 14.3 Å². The zero-order chi connectivity index (χ0) is 15.0. The third kappa shape index (κ3) is 2.69. The minimum atomic E-state index is -0.408. The molecule has 0 amide bonds. The highest BCUT2D eigenvalue weighted by Gasteiger charge is 2.45. The van der Waals surface area contributed by atoms with Crippen molar-refractivity contribution in [3.8, 4) is 0 Å². The lowest BCUT2D eigenvalue weighted by Crippen LogP contribution is -2.31. The summed E-state index contributed by atoms with van der Waals surface area (Å²) in [7, 11) is 0. The molecule has 1 saturated heterocycles. The van der Waals surface area contributed by atoms with Gasteiger partial charge in [0.25, 0.3) is 0 Å². The fourth-order valence-corrected chi connectivity index (χ4v) is 2.96. The third-order valence-corrected chi connectivity index (χ3v) is 3.65. The van der Waals surface area contributed by atoms with E-state index < -0.39 is 5.41 Å². The van der Waals surface area contributed by atoms with E-state index in [1.165, 1.54) is 6.08 Å². The number of carbonyl (C=O) groups excluding carboxylic acids is 2. The second-order valence-electron chi connectivity index (χ2n) is 6.06. The van der Waals surface area contributed by atoms with E-state index in [0.29, 0.717) is 12.2 Å². The molecule has 4 nitrogen and oxygen atoms in total. The molecule has 1 aliphatic heterocycles. The van der Waals surface area contributed by atoms with E-state index in [9.17, 15) is 9.59 Å². The van der Waals surface area contributed by atoms with Gasteiger partial charge in [-0.25, -0.2) is 4.79 Å². The number of rotatable bonds is 2. The highest BCUT2D eigenvalue weighted by molar-refractivity contribution is 6.05. The Labute approximate surface area is 119 Å². The van der Waals surface area contributed by atoms with Gasteiger partial charge in [0.2, 0.25) is 0 Å². The van der Waals surface area contributed by atoms with Gasteiger partial charge in [-0.05, 0) is 45.8 Å². The van der Waals surface area contributed by atoms with Crippen molar-refractivity contribution in [1.29, 1.82) is 0 Å². The van der Waals surface area contributed by atoms with Crippen molar-refractivity contribution in [3.05, 3.63) is 35.6 Å². The van der Waals surface area contributed by atoms with Gasteiger partial charge >= 0.3 is 5.97 Å². The summed E-state index contributed by atoms with van der Waals surface area (Å²) in [6.45, 7) is 8.09. The molecule has 108 valence electrons. The van der Waals surface area contributed by atoms with E-state index in [-0.39, 0.29) is 17.3 Å². The minimum absolute atomic E-state index is 0.0239. The molecule has 1 spiro atoms. The lowest BCUT2D eigenvalue weighted by Gasteiger charge is -2.26. The van der Waals surface area contributed by atoms with E-state index in [1.807, 2.05) is 12.2 Å². The van der Waals surface area contributed by atoms with Crippen molar-refractivity contribution in [2.75, 3.05) is 6.61 Å². The summed E-state index contributed by atoms with van der Waals surface area (Å²) in [6, 6.07) is 0. The van der Waals surface area contributed by atoms with E-state index >= 15 is 0 Å². The van der Waals surface area contributed by atoms with Crippen molar-refractivity contribution in [2.24, 2.45) is 5.41 Å². The maximum Gasteiger partial charge on any atom is 0.332 e. The molecular formula is C16H21NO3. The summed E-state index contributed by atoms with van der Waals surface area (Å²) in [5.41, 5.74) is 0.958. The average Bonchev–Trinajstić information content (AvgIpc) is 2.56. The molecule has 1 aliphatic carbocycles. The molecule has 0 saturated carbocycles. The first kappa shape index (κ1) is 14.6. The monoisotopic (exact) mass is 275 g/mol. The van der Waals surface area contributed by atoms with Crippen molar-refractivity contribution in [1.82, 2.24) is 5.32 Å². The molecule has 4 heteroatoms. The van der Waals surface area contributed by atoms with Crippen molar-refractivity contribution >= 4 is 11.8 Å². The van der Waals surface area contributed by atoms with Crippen LogP contribution in [0.5, 0.6) is 0 Å². The summed E-state index contributed by atoms with van der Waals surface area (Å²) in [5.74, 6) is -0.334. The lowest BCUT2D eigenvalue weighted by molar-refractivity contribution is -0.137. The topological polar surface area (TPSA) is 55.4 Å². The number of hydrogen-bond acceptors (Lipinski definition) is 4. The molecule has 1 heterocycles. The number of carbonyl (C=O) groups is 2. The van der Waals surface area contributed by atoms with Crippen LogP contribution in [0.15, 0.2) is 35.6 Å². The van der Waals surface area contributed by atoms with Crippen LogP contribution in [0.25, 0.3) is 0 Å². The Morgan fingerprint density at radius 1 is 1.50 bits per heavy atom. The summed E-state index contributed by atoms with van der Waals surface area (Å²) < 4.78 is 4.99. The molecular weight excluding hydrogens is 254 g/mol. The zero-order valence-corrected chi connectivity index (χ0v) is 12.4. The van der Waals surface area contributed by atoms with Gasteiger partial charge in [0.05, 0.1) is 6.61 Å². The molecule has 0 aromatic heterocycles. The Hall–Kier alpha value is -1.84. The van der Waals surface area contributed by atoms with Crippen LogP contribution in [0, 0.1) is 5.41 Å². The molecule has 1 N–H and O–H groups in total. The average molecular weight is 275 g/mol. The zero-order valence-electron chi connectivity index (χ0n) is 12.4. The first-order valence-corrected chi connectivity index (χ1v) is 6.88. The van der Waals surface area contributed by atoms with Crippen LogP contribution in [0.1, 0.15) is 34.1 Å². The van der Waals surface area contributed by atoms with E-state index in [1.54, 1.807) is 19.9 Å². The maximum absolute atomic E-state index is 11.7. The molecule has 1 unspecified atom stereocenters. The Kier molecular flexibility index (Phi) is 3.59. The Balaban J connectivity index is 2.42. The summed E-state index contributed by atoms with van der Waals surface area (Å²) >= 11 is 0. The van der Waals surface area contributed by atoms with Crippen LogP contribution in [0.3, 0.4) is 0 Å². The van der Waals surface area contributed by atoms with Crippen LogP contribution >= 0.6 is 0 Å². The number of esters is 1.